The number of carbonyl (C=O) groups is 2. The van der Waals surface area contributed by atoms with E-state index in [2.05, 4.69) is 25.8 Å². The lowest BCUT2D eigenvalue weighted by atomic mass is 10.0. The number of carbonyl (C=O) groups excluding carboxylic acids is 1. The van der Waals surface area contributed by atoms with E-state index in [1.807, 2.05) is 24.3 Å². The van der Waals surface area contributed by atoms with Gasteiger partial charge in [0.05, 0.1) is 18.8 Å². The van der Waals surface area contributed by atoms with Crippen LogP contribution in [0, 0.1) is 0 Å². The van der Waals surface area contributed by atoms with Crippen LogP contribution in [0.1, 0.15) is 36.3 Å². The topological polar surface area (TPSA) is 200 Å². The maximum absolute atomic E-state index is 12.5. The Balaban J connectivity index is 1.86. The maximum atomic E-state index is 12.5. The first-order valence-corrected chi connectivity index (χ1v) is 9.53. The lowest BCUT2D eigenvalue weighted by Crippen LogP contribution is -2.51. The molecule has 0 saturated carbocycles. The Morgan fingerprint density at radius 3 is 2.71 bits per heavy atom. The molecule has 2 aromatic heterocycles. The molecule has 1 aromatic carbocycles. The largest absolute Gasteiger partial charge is 0.480 e. The molecular formula is C19H24N6O6. The summed E-state index contributed by atoms with van der Waals surface area (Å²) in [5.74, 6) is -1.29. The monoisotopic (exact) mass is 432 g/mol. The van der Waals surface area contributed by atoms with E-state index in [0.717, 1.165) is 16.5 Å². The van der Waals surface area contributed by atoms with Crippen molar-refractivity contribution in [2.45, 2.75) is 37.6 Å². The van der Waals surface area contributed by atoms with Gasteiger partial charge >= 0.3 is 12.0 Å². The van der Waals surface area contributed by atoms with Crippen LogP contribution in [0.3, 0.4) is 0 Å². The first kappa shape index (κ1) is 22.2. The number of nitrogens with two attached hydrogens (primary N) is 1. The summed E-state index contributed by atoms with van der Waals surface area (Å²) in [4.78, 5) is 31.0. The number of hydrogen-bond donors (Lipinski definition) is 7. The molecule has 2 amide bonds. The number of para-hydroxylation sites is 1. The maximum Gasteiger partial charge on any atom is 0.328 e. The number of aliphatic carboxylic acids is 1. The predicted molar refractivity (Wildman–Crippen MR) is 108 cm³/mol. The van der Waals surface area contributed by atoms with Gasteiger partial charge in [-0.1, -0.05) is 23.4 Å². The lowest BCUT2D eigenvalue weighted by molar-refractivity contribution is -0.141. The fourth-order valence-electron chi connectivity index (χ4n) is 3.07. The number of aliphatic hydroxyl groups excluding tert-OH is 2. The Morgan fingerprint density at radius 1 is 1.29 bits per heavy atom. The molecule has 4 atom stereocenters. The molecule has 0 aliphatic rings. The number of carboxylic acid groups (broad SMARTS) is 1. The van der Waals surface area contributed by atoms with Crippen molar-refractivity contribution < 1.29 is 29.4 Å². The average molecular weight is 432 g/mol. The highest BCUT2D eigenvalue weighted by molar-refractivity contribution is 5.84. The zero-order valence-electron chi connectivity index (χ0n) is 16.6. The van der Waals surface area contributed by atoms with Gasteiger partial charge in [-0.3, -0.25) is 0 Å². The molecule has 0 aliphatic heterocycles. The fourth-order valence-corrected chi connectivity index (χ4v) is 3.07. The third-order valence-electron chi connectivity index (χ3n) is 4.72. The first-order valence-electron chi connectivity index (χ1n) is 9.53. The molecule has 8 N–H and O–H groups in total. The number of hydrogen-bond acceptors (Lipinski definition) is 8. The molecule has 12 nitrogen and oxygen atoms in total. The number of rotatable bonds is 9. The normalized spacial score (nSPS) is 15.2. The molecule has 0 saturated heterocycles. The zero-order valence-corrected chi connectivity index (χ0v) is 16.6. The Labute approximate surface area is 176 Å². The van der Waals surface area contributed by atoms with Crippen LogP contribution in [0.5, 0.6) is 0 Å². The van der Waals surface area contributed by atoms with Gasteiger partial charge < -0.3 is 41.2 Å². The van der Waals surface area contributed by atoms with Crippen molar-refractivity contribution in [3.8, 4) is 0 Å². The van der Waals surface area contributed by atoms with E-state index in [9.17, 15) is 24.9 Å². The summed E-state index contributed by atoms with van der Waals surface area (Å²) >= 11 is 0. The van der Waals surface area contributed by atoms with Gasteiger partial charge in [-0.2, -0.15) is 4.98 Å². The minimum Gasteiger partial charge on any atom is -0.480 e. The molecule has 0 aliphatic carbocycles. The van der Waals surface area contributed by atoms with E-state index in [0.29, 0.717) is 0 Å². The van der Waals surface area contributed by atoms with E-state index in [1.165, 1.54) is 6.92 Å². The van der Waals surface area contributed by atoms with Crippen LogP contribution in [0.15, 0.2) is 35.0 Å². The molecule has 2 unspecified atom stereocenters. The van der Waals surface area contributed by atoms with Gasteiger partial charge in [0.25, 0.3) is 0 Å². The van der Waals surface area contributed by atoms with Crippen molar-refractivity contribution in [2.24, 2.45) is 5.73 Å². The Kier molecular flexibility index (Phi) is 6.84. The molecule has 0 spiro atoms. The van der Waals surface area contributed by atoms with Gasteiger partial charge in [-0.15, -0.1) is 0 Å². The number of carboxylic acids is 1. The number of amides is 2. The Morgan fingerprint density at radius 2 is 2.03 bits per heavy atom. The summed E-state index contributed by atoms with van der Waals surface area (Å²) in [6, 6.07) is 3.53. The van der Waals surface area contributed by atoms with Crippen molar-refractivity contribution in [3.05, 3.63) is 47.7 Å². The number of nitrogens with zero attached hydrogens (tertiary/aromatic N) is 2. The summed E-state index contributed by atoms with van der Waals surface area (Å²) in [7, 11) is 0. The molecule has 12 heteroatoms. The Hall–Kier alpha value is -3.48. The molecule has 3 rings (SSSR count). The molecule has 31 heavy (non-hydrogen) atoms. The Bertz CT molecular complexity index is 1050. The minimum absolute atomic E-state index is 0.0308. The third-order valence-corrected chi connectivity index (χ3v) is 4.72. The van der Waals surface area contributed by atoms with E-state index in [1.54, 1.807) is 6.20 Å². The van der Waals surface area contributed by atoms with E-state index in [4.69, 9.17) is 10.3 Å². The van der Waals surface area contributed by atoms with Crippen LogP contribution in [-0.4, -0.2) is 61.2 Å². The number of aromatic nitrogens is 3. The van der Waals surface area contributed by atoms with Crippen molar-refractivity contribution in [2.75, 3.05) is 6.61 Å². The zero-order chi connectivity index (χ0) is 22.5. The molecule has 3 aromatic rings. The van der Waals surface area contributed by atoms with Crippen LogP contribution in [0.2, 0.25) is 0 Å². The highest BCUT2D eigenvalue weighted by atomic mass is 16.5. The molecule has 0 bridgehead atoms. The second kappa shape index (κ2) is 9.55. The smallest absolute Gasteiger partial charge is 0.328 e. The summed E-state index contributed by atoms with van der Waals surface area (Å²) in [5, 5.41) is 37.5. The van der Waals surface area contributed by atoms with Crippen LogP contribution in [0.25, 0.3) is 10.9 Å². The number of urea groups is 1. The van der Waals surface area contributed by atoms with Crippen molar-refractivity contribution in [1.82, 2.24) is 25.8 Å². The van der Waals surface area contributed by atoms with Gasteiger partial charge in [-0.05, 0) is 18.6 Å². The fraction of sp³-hybridized carbons (Fsp3) is 0.368. The van der Waals surface area contributed by atoms with E-state index < -0.39 is 42.8 Å². The number of H-pyrrole nitrogens is 1. The third kappa shape index (κ3) is 5.17. The lowest BCUT2D eigenvalue weighted by Gasteiger charge is -2.20. The van der Waals surface area contributed by atoms with Crippen LogP contribution >= 0.6 is 0 Å². The first-order chi connectivity index (χ1) is 14.8. The SMILES string of the molecule is CC(O)[C@H](NC(=O)NC(Cc1c[nH]c2ccccc12)c1nc([C@@H](N)CO)no1)C(=O)O. The summed E-state index contributed by atoms with van der Waals surface area (Å²) in [6.45, 7) is 0.859. The van der Waals surface area contributed by atoms with Crippen molar-refractivity contribution in [3.63, 3.8) is 0 Å². The number of nitrogens with one attached hydrogen (secondary N) is 3. The number of fused-ring (bicyclic) bond motifs is 1. The molecule has 166 valence electrons. The van der Waals surface area contributed by atoms with Gasteiger partial charge in [0.15, 0.2) is 11.9 Å². The summed E-state index contributed by atoms with van der Waals surface area (Å²) in [5.41, 5.74) is 7.46. The summed E-state index contributed by atoms with van der Waals surface area (Å²) < 4.78 is 5.24. The molecule has 2 heterocycles. The predicted octanol–water partition coefficient (Wildman–Crippen LogP) is -0.0400. The van der Waals surface area contributed by atoms with Gasteiger partial charge in [0.2, 0.25) is 5.89 Å². The van der Waals surface area contributed by atoms with Crippen LogP contribution in [0.4, 0.5) is 4.79 Å². The second-order valence-electron chi connectivity index (χ2n) is 7.07. The van der Waals surface area contributed by atoms with E-state index >= 15 is 0 Å². The van der Waals surface area contributed by atoms with Crippen LogP contribution in [-0.2, 0) is 11.2 Å². The van der Waals surface area contributed by atoms with Gasteiger partial charge in [0, 0.05) is 23.5 Å². The minimum atomic E-state index is -1.50. The standard InChI is InChI=1S/C19H24N6O6/c1-9(27)15(18(28)29)23-19(30)22-14(17-24-16(25-31-17)12(20)8-26)6-10-7-21-13-5-3-2-4-11(10)13/h2-5,7,9,12,14-15,21,26-27H,6,8,20H2,1H3,(H,28,29)(H2,22,23,30)/t9?,12-,14?,15-/m0/s1. The van der Waals surface area contributed by atoms with Gasteiger partial charge in [0.1, 0.15) is 6.04 Å². The van der Waals surface area contributed by atoms with Crippen LogP contribution < -0.4 is 16.4 Å². The van der Waals surface area contributed by atoms with Gasteiger partial charge in [-0.25, -0.2) is 9.59 Å². The highest BCUT2D eigenvalue weighted by Gasteiger charge is 2.29. The number of benzene rings is 1. The highest BCUT2D eigenvalue weighted by Crippen LogP contribution is 2.24. The molecule has 0 fully saturated rings. The number of aliphatic hydroxyl groups is 2. The second-order valence-corrected chi connectivity index (χ2v) is 7.07. The number of aromatic amines is 1. The molecular weight excluding hydrogens is 408 g/mol. The van der Waals surface area contributed by atoms with Crippen molar-refractivity contribution in [1.29, 1.82) is 0 Å². The van der Waals surface area contributed by atoms with Crippen molar-refractivity contribution >= 4 is 22.9 Å². The average Bonchev–Trinajstić information content (AvgIpc) is 3.38. The molecule has 0 radical (unpaired) electrons. The quantitative estimate of drug-likeness (QED) is 0.242. The van der Waals surface area contributed by atoms with E-state index in [-0.39, 0.29) is 18.1 Å². The summed E-state index contributed by atoms with van der Waals surface area (Å²) in [6.07, 6.45) is 0.705.